The van der Waals surface area contributed by atoms with Crippen LogP contribution in [-0.2, 0) is 16.0 Å². The van der Waals surface area contributed by atoms with Crippen molar-refractivity contribution in [3.05, 3.63) is 47.5 Å². The molecule has 1 aliphatic heterocycles. The highest BCUT2D eigenvalue weighted by Gasteiger charge is 2.58. The van der Waals surface area contributed by atoms with E-state index in [1.165, 1.54) is 16.0 Å². The topological polar surface area (TPSA) is 73.8 Å². The SMILES string of the molecule is CCNC(=NCCc1cccc(C)c1)NCCN1C(=O)C2C3C=CC(C3)C2C1=O. The van der Waals surface area contributed by atoms with Gasteiger partial charge in [0.1, 0.15) is 0 Å². The molecule has 1 aromatic rings. The number of guanidine groups is 1. The van der Waals surface area contributed by atoms with E-state index in [0.717, 1.165) is 25.3 Å². The molecule has 154 valence electrons. The number of imide groups is 1. The molecular weight excluding hydrogens is 364 g/mol. The monoisotopic (exact) mass is 394 g/mol. The molecule has 4 unspecified atom stereocenters. The number of benzene rings is 1. The summed E-state index contributed by atoms with van der Waals surface area (Å²) in [7, 11) is 0. The number of amides is 2. The van der Waals surface area contributed by atoms with Crippen LogP contribution >= 0.6 is 0 Å². The summed E-state index contributed by atoms with van der Waals surface area (Å²) in [5, 5.41) is 6.50. The normalized spacial score (nSPS) is 27.7. The lowest BCUT2D eigenvalue weighted by molar-refractivity contribution is -0.140. The van der Waals surface area contributed by atoms with E-state index in [4.69, 9.17) is 0 Å². The number of aryl methyl sites for hydroxylation is 1. The lowest BCUT2D eigenvalue weighted by Crippen LogP contribution is -2.43. The van der Waals surface area contributed by atoms with Crippen molar-refractivity contribution in [3.8, 4) is 0 Å². The highest BCUT2D eigenvalue weighted by atomic mass is 16.2. The lowest BCUT2D eigenvalue weighted by atomic mass is 9.85. The van der Waals surface area contributed by atoms with Crippen molar-refractivity contribution >= 4 is 17.8 Å². The second-order valence-electron chi connectivity index (χ2n) is 8.25. The van der Waals surface area contributed by atoms with Crippen molar-refractivity contribution in [2.75, 3.05) is 26.2 Å². The summed E-state index contributed by atoms with van der Waals surface area (Å²) in [5.41, 5.74) is 2.53. The molecule has 2 N–H and O–H groups in total. The Labute approximate surface area is 172 Å². The second kappa shape index (κ2) is 8.39. The second-order valence-corrected chi connectivity index (χ2v) is 8.25. The van der Waals surface area contributed by atoms with Crippen LogP contribution < -0.4 is 10.6 Å². The molecule has 0 radical (unpaired) electrons. The highest BCUT2D eigenvalue weighted by Crippen LogP contribution is 2.52. The molecule has 1 saturated heterocycles. The van der Waals surface area contributed by atoms with Crippen molar-refractivity contribution in [1.82, 2.24) is 15.5 Å². The quantitative estimate of drug-likeness (QED) is 0.321. The number of fused-ring (bicyclic) bond motifs is 5. The van der Waals surface area contributed by atoms with Crippen LogP contribution in [0.15, 0.2) is 41.4 Å². The molecule has 1 saturated carbocycles. The first-order valence-electron chi connectivity index (χ1n) is 10.7. The predicted octanol–water partition coefficient (Wildman–Crippen LogP) is 1.90. The van der Waals surface area contributed by atoms with Gasteiger partial charge in [0.05, 0.1) is 11.8 Å². The molecule has 2 aliphatic carbocycles. The first-order chi connectivity index (χ1) is 14.1. The molecule has 4 atom stereocenters. The van der Waals surface area contributed by atoms with E-state index in [0.29, 0.717) is 19.6 Å². The van der Waals surface area contributed by atoms with E-state index < -0.39 is 0 Å². The number of hydrogen-bond donors (Lipinski definition) is 2. The molecule has 2 amide bonds. The fourth-order valence-corrected chi connectivity index (χ4v) is 4.98. The standard InChI is InChI=1S/C23H30N4O2/c1-3-24-23(25-10-9-16-6-4-5-15(2)13-16)26-11-12-27-21(28)19-17-7-8-18(14-17)20(19)22(27)29/h4-8,13,17-20H,3,9-12,14H2,1-2H3,(H2,24,25,26). The first-order valence-corrected chi connectivity index (χ1v) is 10.7. The number of hydrogen-bond acceptors (Lipinski definition) is 3. The van der Waals surface area contributed by atoms with Crippen molar-refractivity contribution < 1.29 is 9.59 Å². The summed E-state index contributed by atoms with van der Waals surface area (Å²) in [5.74, 6) is 1.04. The van der Waals surface area contributed by atoms with Gasteiger partial charge >= 0.3 is 0 Å². The zero-order chi connectivity index (χ0) is 20.4. The van der Waals surface area contributed by atoms with Crippen LogP contribution in [0.1, 0.15) is 24.5 Å². The third-order valence-electron chi connectivity index (χ3n) is 6.29. The van der Waals surface area contributed by atoms with E-state index in [9.17, 15) is 9.59 Å². The van der Waals surface area contributed by atoms with Crippen LogP contribution in [-0.4, -0.2) is 48.9 Å². The Morgan fingerprint density at radius 2 is 1.86 bits per heavy atom. The Balaban J connectivity index is 1.29. The minimum Gasteiger partial charge on any atom is -0.357 e. The van der Waals surface area contributed by atoms with Gasteiger partial charge in [0, 0.05) is 26.2 Å². The molecule has 29 heavy (non-hydrogen) atoms. The third-order valence-corrected chi connectivity index (χ3v) is 6.29. The number of carbonyl (C=O) groups excluding carboxylic acids is 2. The van der Waals surface area contributed by atoms with E-state index >= 15 is 0 Å². The number of nitrogens with zero attached hydrogens (tertiary/aromatic N) is 2. The zero-order valence-corrected chi connectivity index (χ0v) is 17.2. The van der Waals surface area contributed by atoms with Crippen molar-refractivity contribution in [1.29, 1.82) is 0 Å². The Bertz CT molecular complexity index is 817. The predicted molar refractivity (Wildman–Crippen MR) is 113 cm³/mol. The molecule has 1 aromatic carbocycles. The summed E-state index contributed by atoms with van der Waals surface area (Å²) < 4.78 is 0. The maximum atomic E-state index is 12.7. The van der Waals surface area contributed by atoms with Crippen LogP contribution in [0, 0.1) is 30.6 Å². The fraction of sp³-hybridized carbons (Fsp3) is 0.522. The van der Waals surface area contributed by atoms with Gasteiger partial charge in [-0.15, -0.1) is 0 Å². The van der Waals surface area contributed by atoms with Crippen LogP contribution in [0.25, 0.3) is 0 Å². The molecule has 0 aromatic heterocycles. The number of likely N-dealkylation sites (tertiary alicyclic amines) is 1. The number of allylic oxidation sites excluding steroid dienone is 2. The van der Waals surface area contributed by atoms with Crippen LogP contribution in [0.2, 0.25) is 0 Å². The van der Waals surface area contributed by atoms with Gasteiger partial charge in [0.15, 0.2) is 5.96 Å². The molecule has 2 bridgehead atoms. The highest BCUT2D eigenvalue weighted by molar-refractivity contribution is 6.06. The van der Waals surface area contributed by atoms with Gasteiger partial charge < -0.3 is 10.6 Å². The average Bonchev–Trinajstić information content (AvgIpc) is 3.37. The molecule has 3 aliphatic rings. The Hall–Kier alpha value is -2.63. The number of aliphatic imine (C=N–C) groups is 1. The number of nitrogens with one attached hydrogen (secondary N) is 2. The summed E-state index contributed by atoms with van der Waals surface area (Å²) in [4.78, 5) is 31.6. The molecule has 2 fully saturated rings. The van der Waals surface area contributed by atoms with Gasteiger partial charge in [0.25, 0.3) is 0 Å². The van der Waals surface area contributed by atoms with Crippen molar-refractivity contribution in [2.45, 2.75) is 26.7 Å². The van der Waals surface area contributed by atoms with Gasteiger partial charge in [-0.05, 0) is 44.1 Å². The summed E-state index contributed by atoms with van der Waals surface area (Å²) in [6.07, 6.45) is 6.10. The smallest absolute Gasteiger partial charge is 0.233 e. The van der Waals surface area contributed by atoms with E-state index in [1.807, 2.05) is 6.92 Å². The molecule has 6 nitrogen and oxygen atoms in total. The number of rotatable bonds is 7. The molecule has 6 heteroatoms. The minimum absolute atomic E-state index is 0.0139. The maximum absolute atomic E-state index is 12.7. The molecular formula is C23H30N4O2. The van der Waals surface area contributed by atoms with Crippen molar-refractivity contribution in [3.63, 3.8) is 0 Å². The Kier molecular flexibility index (Phi) is 5.69. The van der Waals surface area contributed by atoms with Gasteiger partial charge in [-0.3, -0.25) is 19.5 Å². The van der Waals surface area contributed by atoms with E-state index in [1.54, 1.807) is 0 Å². The first kappa shape index (κ1) is 19.7. The zero-order valence-electron chi connectivity index (χ0n) is 17.2. The minimum atomic E-state index is -0.117. The van der Waals surface area contributed by atoms with Crippen molar-refractivity contribution in [2.24, 2.45) is 28.7 Å². The Morgan fingerprint density at radius 3 is 2.52 bits per heavy atom. The Morgan fingerprint density at radius 1 is 1.14 bits per heavy atom. The third kappa shape index (κ3) is 3.93. The summed E-state index contributed by atoms with van der Waals surface area (Å²) in [6.45, 7) is 6.46. The molecule has 4 rings (SSSR count). The maximum Gasteiger partial charge on any atom is 0.233 e. The number of carbonyl (C=O) groups is 2. The summed E-state index contributed by atoms with van der Waals surface area (Å²) in [6, 6.07) is 8.46. The molecule has 0 spiro atoms. The van der Waals surface area contributed by atoms with E-state index in [-0.39, 0.29) is 35.5 Å². The van der Waals surface area contributed by atoms with Gasteiger partial charge in [-0.1, -0.05) is 42.0 Å². The van der Waals surface area contributed by atoms with Gasteiger partial charge in [-0.2, -0.15) is 0 Å². The van der Waals surface area contributed by atoms with Crippen LogP contribution in [0.3, 0.4) is 0 Å². The van der Waals surface area contributed by atoms with E-state index in [2.05, 4.69) is 59.0 Å². The molecule has 1 heterocycles. The fourth-order valence-electron chi connectivity index (χ4n) is 4.98. The largest absolute Gasteiger partial charge is 0.357 e. The van der Waals surface area contributed by atoms with Gasteiger partial charge in [0.2, 0.25) is 11.8 Å². The lowest BCUT2D eigenvalue weighted by Gasteiger charge is -2.18. The van der Waals surface area contributed by atoms with Crippen LogP contribution in [0.4, 0.5) is 0 Å². The summed E-state index contributed by atoms with van der Waals surface area (Å²) >= 11 is 0. The average molecular weight is 395 g/mol. The van der Waals surface area contributed by atoms with Crippen LogP contribution in [0.5, 0.6) is 0 Å². The van der Waals surface area contributed by atoms with Gasteiger partial charge in [-0.25, -0.2) is 0 Å².